The molecule has 0 spiro atoms. The highest BCUT2D eigenvalue weighted by molar-refractivity contribution is 6.63. The second-order valence-electron chi connectivity index (χ2n) is 10.4. The van der Waals surface area contributed by atoms with Crippen molar-refractivity contribution in [3.05, 3.63) is 65.9 Å². The van der Waals surface area contributed by atoms with Crippen molar-refractivity contribution in [2.45, 2.75) is 25.5 Å². The van der Waals surface area contributed by atoms with Crippen LogP contribution in [0.4, 0.5) is 23.4 Å². The number of benzene rings is 2. The third-order valence-corrected chi connectivity index (χ3v) is 7.25. The summed E-state index contributed by atoms with van der Waals surface area (Å²) in [5.74, 6) is 1.55. The van der Waals surface area contributed by atoms with Crippen LogP contribution in [0.3, 0.4) is 0 Å². The fourth-order valence-electron chi connectivity index (χ4n) is 5.07. The summed E-state index contributed by atoms with van der Waals surface area (Å²) in [7, 11) is 1.22. The van der Waals surface area contributed by atoms with Crippen LogP contribution in [0.25, 0.3) is 11.5 Å². The van der Waals surface area contributed by atoms with Gasteiger partial charge in [-0.3, -0.25) is 0 Å². The lowest BCUT2D eigenvalue weighted by Gasteiger charge is -2.24. The van der Waals surface area contributed by atoms with Gasteiger partial charge in [0, 0.05) is 32.1 Å². The number of aliphatic hydroxyl groups excluding tert-OH is 1. The highest BCUT2D eigenvalue weighted by atomic mass is 16.6. The number of fused-ring (bicyclic) bond motifs is 1. The smallest absolute Gasteiger partial charge is 0.410 e. The van der Waals surface area contributed by atoms with Gasteiger partial charge in [0.05, 0.1) is 31.5 Å². The molecule has 1 saturated heterocycles. The molecule has 0 unspecified atom stereocenters. The molecule has 12 nitrogen and oxygen atoms in total. The summed E-state index contributed by atoms with van der Waals surface area (Å²) in [5, 5.41) is 21.1. The molecule has 0 saturated carbocycles. The van der Waals surface area contributed by atoms with Crippen LogP contribution in [0.1, 0.15) is 31.0 Å². The van der Waals surface area contributed by atoms with Gasteiger partial charge in [0.25, 0.3) is 11.8 Å². The van der Waals surface area contributed by atoms with E-state index in [1.165, 1.54) is 0 Å². The van der Waals surface area contributed by atoms with Gasteiger partial charge in [-0.25, -0.2) is 4.98 Å². The van der Waals surface area contributed by atoms with Crippen molar-refractivity contribution in [3.63, 3.8) is 0 Å². The molecule has 2 aliphatic heterocycles. The van der Waals surface area contributed by atoms with E-state index in [0.29, 0.717) is 49.6 Å². The van der Waals surface area contributed by atoms with Crippen molar-refractivity contribution < 1.29 is 23.7 Å². The first-order valence-electron chi connectivity index (χ1n) is 13.5. The van der Waals surface area contributed by atoms with Gasteiger partial charge < -0.3 is 39.2 Å². The number of rotatable bonds is 9. The van der Waals surface area contributed by atoms with E-state index in [1.54, 1.807) is 13.3 Å². The van der Waals surface area contributed by atoms with Gasteiger partial charge in [-0.15, -0.1) is 0 Å². The lowest BCUT2D eigenvalue weighted by Crippen LogP contribution is -2.36. The van der Waals surface area contributed by atoms with E-state index in [1.807, 2.05) is 67.3 Å². The van der Waals surface area contributed by atoms with Gasteiger partial charge in [-0.2, -0.15) is 9.97 Å². The number of hydrogen-bond donors (Lipinski definition) is 3. The van der Waals surface area contributed by atoms with Crippen LogP contribution < -0.4 is 21.0 Å². The molecule has 0 aliphatic carbocycles. The molecule has 0 bridgehead atoms. The number of anilines is 4. The zero-order valence-corrected chi connectivity index (χ0v) is 23.2. The molecule has 2 aromatic heterocycles. The van der Waals surface area contributed by atoms with E-state index in [0.717, 1.165) is 22.3 Å². The minimum absolute atomic E-state index is 0.153. The molecule has 41 heavy (non-hydrogen) atoms. The van der Waals surface area contributed by atoms with Crippen LogP contribution in [0.2, 0.25) is 0 Å². The average Bonchev–Trinajstić information content (AvgIpc) is 3.59. The maximum atomic E-state index is 10.2. The number of morpholine rings is 1. The lowest BCUT2D eigenvalue weighted by molar-refractivity contribution is 0.0930. The second-order valence-corrected chi connectivity index (χ2v) is 10.4. The molecule has 1 fully saturated rings. The Labute approximate surface area is 238 Å². The zero-order chi connectivity index (χ0) is 28.4. The molecule has 0 amide bonds. The van der Waals surface area contributed by atoms with Crippen LogP contribution in [0, 0.1) is 0 Å². The van der Waals surface area contributed by atoms with E-state index in [9.17, 15) is 5.11 Å². The first-order chi connectivity index (χ1) is 19.9. The Morgan fingerprint density at radius 1 is 1.12 bits per heavy atom. The first-order valence-corrected chi connectivity index (χ1v) is 13.5. The molecule has 4 heterocycles. The normalized spacial score (nSPS) is 16.9. The number of aromatic nitrogens is 4. The van der Waals surface area contributed by atoms with Crippen molar-refractivity contribution in [1.82, 2.24) is 20.1 Å². The summed E-state index contributed by atoms with van der Waals surface area (Å²) >= 11 is 0. The number of nitrogens with one attached hydrogen (secondary N) is 2. The van der Waals surface area contributed by atoms with E-state index in [2.05, 4.69) is 25.8 Å². The van der Waals surface area contributed by atoms with Gasteiger partial charge in [-0.05, 0) is 47.7 Å². The predicted octanol–water partition coefficient (Wildman–Crippen LogP) is 2.86. The van der Waals surface area contributed by atoms with E-state index in [-0.39, 0.29) is 12.5 Å². The van der Waals surface area contributed by atoms with Gasteiger partial charge >= 0.3 is 7.12 Å². The highest BCUT2D eigenvalue weighted by Crippen LogP contribution is 2.34. The Hall–Kier alpha value is -4.04. The average molecular weight is 557 g/mol. The zero-order valence-electron chi connectivity index (χ0n) is 23.2. The van der Waals surface area contributed by atoms with Gasteiger partial charge in [-0.1, -0.05) is 36.4 Å². The molecule has 4 aromatic rings. The van der Waals surface area contributed by atoms with Crippen LogP contribution >= 0.6 is 0 Å². The maximum Gasteiger partial charge on any atom is 0.494 e. The minimum atomic E-state index is -0.509. The largest absolute Gasteiger partial charge is 0.494 e. The summed E-state index contributed by atoms with van der Waals surface area (Å²) in [6.45, 7) is 6.43. The van der Waals surface area contributed by atoms with Crippen molar-refractivity contribution in [2.75, 3.05) is 55.6 Å². The van der Waals surface area contributed by atoms with Crippen LogP contribution in [-0.4, -0.2) is 72.4 Å². The molecule has 1 atom stereocenters. The third kappa shape index (κ3) is 5.61. The molecule has 13 heteroatoms. The maximum absolute atomic E-state index is 10.2. The number of ether oxygens (including phenoxy) is 1. The van der Waals surface area contributed by atoms with Crippen LogP contribution in [0.15, 0.2) is 59.3 Å². The van der Waals surface area contributed by atoms with Crippen molar-refractivity contribution in [1.29, 1.82) is 0 Å². The Morgan fingerprint density at radius 2 is 1.93 bits per heavy atom. The molecule has 0 radical (unpaired) electrons. The Kier molecular flexibility index (Phi) is 7.58. The predicted molar refractivity (Wildman–Crippen MR) is 154 cm³/mol. The minimum Gasteiger partial charge on any atom is -0.410 e. The summed E-state index contributed by atoms with van der Waals surface area (Å²) < 4.78 is 22.6. The number of nitrogens with zero attached hydrogens (tertiary/aromatic N) is 5. The van der Waals surface area contributed by atoms with Crippen LogP contribution in [0.5, 0.6) is 0 Å². The molecule has 3 N–H and O–H groups in total. The van der Waals surface area contributed by atoms with Crippen LogP contribution in [-0.2, 0) is 19.6 Å². The second kappa shape index (κ2) is 11.5. The Balaban J connectivity index is 1.33. The fourth-order valence-corrected chi connectivity index (χ4v) is 5.07. The van der Waals surface area contributed by atoms with Gasteiger partial charge in [0.2, 0.25) is 5.95 Å². The quantitative estimate of drug-likeness (QED) is 0.261. The molecule has 2 aromatic carbocycles. The molecule has 2 aliphatic rings. The SMILES string of the molecule is COB1OC(C)(C)c2cc(Nc3ncc(-c4nc(N5CCOCC5)no4)c(N[C@H](CO)c4ccccc4)n3)ccc21. The topological polar surface area (TPSA) is 140 Å². The highest BCUT2D eigenvalue weighted by Gasteiger charge is 2.42. The molecule has 212 valence electrons. The third-order valence-electron chi connectivity index (χ3n) is 7.25. The van der Waals surface area contributed by atoms with E-state index >= 15 is 0 Å². The van der Waals surface area contributed by atoms with Gasteiger partial charge in [0.1, 0.15) is 11.4 Å². The lowest BCUT2D eigenvalue weighted by atomic mass is 9.77. The van der Waals surface area contributed by atoms with Gasteiger partial charge in [0.15, 0.2) is 0 Å². The van der Waals surface area contributed by atoms with Crippen molar-refractivity contribution in [3.8, 4) is 11.5 Å². The van der Waals surface area contributed by atoms with E-state index < -0.39 is 18.8 Å². The monoisotopic (exact) mass is 557 g/mol. The summed E-state index contributed by atoms with van der Waals surface area (Å²) in [6, 6.07) is 15.2. The van der Waals surface area contributed by atoms with E-state index in [4.69, 9.17) is 23.6 Å². The molecular weight excluding hydrogens is 525 g/mol. The number of aliphatic hydroxyl groups is 1. The summed E-state index contributed by atoms with van der Waals surface area (Å²) in [6.07, 6.45) is 1.63. The van der Waals surface area contributed by atoms with Crippen molar-refractivity contribution in [2.24, 2.45) is 0 Å². The first kappa shape index (κ1) is 27.2. The van der Waals surface area contributed by atoms with Crippen molar-refractivity contribution >= 4 is 36.0 Å². The molecular formula is C28H32BN7O5. The fraction of sp³-hybridized carbons (Fsp3) is 0.357. The number of hydrogen-bond acceptors (Lipinski definition) is 12. The Bertz CT molecular complexity index is 1500. The standard InChI is InChI=1S/C28H32BN7O5/c1-28(2)21-15-19(9-10-22(21)29(38-3)41-28)31-26-30-16-20(25-34-27(35-40-25)36-11-13-39-14-12-36)24(33-26)32-23(17-37)18-7-5-4-6-8-18/h4-10,15-16,23,37H,11-14,17H2,1-3H3,(H2,30,31,32,33)/t23-/m1/s1. The Morgan fingerprint density at radius 3 is 2.68 bits per heavy atom. The summed E-state index contributed by atoms with van der Waals surface area (Å²) in [5.41, 5.74) is 3.72. The summed E-state index contributed by atoms with van der Waals surface area (Å²) in [4.78, 5) is 16.0. The molecule has 6 rings (SSSR count).